The Morgan fingerprint density at radius 1 is 1.24 bits per heavy atom. The molecule has 0 spiro atoms. The van der Waals surface area contributed by atoms with Crippen LogP contribution in [0, 0.1) is 11.8 Å². The first-order valence-electron chi connectivity index (χ1n) is 7.63. The van der Waals surface area contributed by atoms with Gasteiger partial charge in [0, 0.05) is 10.8 Å². The first-order valence-corrected chi connectivity index (χ1v) is 8.51. The van der Waals surface area contributed by atoms with Gasteiger partial charge in [-0.15, -0.1) is 11.3 Å². The molecule has 2 N–H and O–H groups in total. The minimum Gasteiger partial charge on any atom is -0.346 e. The first kappa shape index (κ1) is 16.0. The maximum absolute atomic E-state index is 12.3. The molecule has 1 heterocycles. The van der Waals surface area contributed by atoms with Crippen molar-refractivity contribution >= 4 is 23.2 Å². The van der Waals surface area contributed by atoms with Crippen molar-refractivity contribution in [3.8, 4) is 0 Å². The normalized spacial score (nSPS) is 17.9. The lowest BCUT2D eigenvalue weighted by molar-refractivity contribution is -0.132. The van der Waals surface area contributed by atoms with Crippen molar-refractivity contribution in [2.75, 3.05) is 0 Å². The van der Waals surface area contributed by atoms with Gasteiger partial charge in [-0.05, 0) is 37.1 Å². The van der Waals surface area contributed by atoms with Gasteiger partial charge in [-0.1, -0.05) is 26.3 Å². The molecule has 2 amide bonds. The molecule has 0 radical (unpaired) electrons. The van der Waals surface area contributed by atoms with Crippen LogP contribution in [0.5, 0.6) is 0 Å². The Bertz CT molecular complexity index is 480. The second-order valence-electron chi connectivity index (χ2n) is 6.10. The molecule has 0 aromatic carbocycles. The maximum atomic E-state index is 12.3. The predicted molar refractivity (Wildman–Crippen MR) is 85.0 cm³/mol. The van der Waals surface area contributed by atoms with E-state index in [0.29, 0.717) is 5.92 Å². The molecule has 1 aliphatic carbocycles. The van der Waals surface area contributed by atoms with Crippen LogP contribution >= 0.6 is 11.3 Å². The second kappa shape index (κ2) is 7.07. The van der Waals surface area contributed by atoms with Crippen molar-refractivity contribution in [2.45, 2.75) is 52.1 Å². The van der Waals surface area contributed by atoms with E-state index in [0.717, 1.165) is 24.1 Å². The number of rotatable bonds is 6. The molecule has 4 nitrogen and oxygen atoms in total. The molecule has 116 valence electrons. The molecule has 1 saturated carbocycles. The van der Waals surface area contributed by atoms with Crippen molar-refractivity contribution in [3.05, 3.63) is 22.4 Å². The summed E-state index contributed by atoms with van der Waals surface area (Å²) in [6.45, 7) is 5.92. The van der Waals surface area contributed by atoms with Gasteiger partial charge in [-0.2, -0.15) is 0 Å². The predicted octanol–water partition coefficient (Wildman–Crippen LogP) is 2.87. The van der Waals surface area contributed by atoms with Crippen LogP contribution in [0.25, 0.3) is 0 Å². The highest BCUT2D eigenvalue weighted by Gasteiger charge is 2.28. The van der Waals surface area contributed by atoms with E-state index in [2.05, 4.69) is 24.5 Å². The number of hydrogen-bond acceptors (Lipinski definition) is 3. The average Bonchev–Trinajstić information content (AvgIpc) is 2.86. The van der Waals surface area contributed by atoms with Crippen LogP contribution in [-0.2, 0) is 9.59 Å². The molecule has 21 heavy (non-hydrogen) atoms. The zero-order valence-electron chi connectivity index (χ0n) is 12.9. The van der Waals surface area contributed by atoms with Gasteiger partial charge in [0.25, 0.3) is 0 Å². The fourth-order valence-corrected chi connectivity index (χ4v) is 3.33. The van der Waals surface area contributed by atoms with Gasteiger partial charge in [0.15, 0.2) is 0 Å². The van der Waals surface area contributed by atoms with Crippen molar-refractivity contribution < 1.29 is 9.59 Å². The molecule has 1 aliphatic rings. The Labute approximate surface area is 130 Å². The van der Waals surface area contributed by atoms with E-state index in [4.69, 9.17) is 0 Å². The summed E-state index contributed by atoms with van der Waals surface area (Å²) in [5, 5.41) is 7.89. The molecule has 0 saturated heterocycles. The second-order valence-corrected chi connectivity index (χ2v) is 7.08. The number of thiophene rings is 1. The molecule has 1 fully saturated rings. The SMILES string of the molecule is CC(C)[C@H](NC(=O)[C@@H](C)NC(=O)C1CCC1)c1cccs1. The van der Waals surface area contributed by atoms with E-state index in [-0.39, 0.29) is 23.8 Å². The zero-order valence-corrected chi connectivity index (χ0v) is 13.7. The Morgan fingerprint density at radius 3 is 2.43 bits per heavy atom. The Morgan fingerprint density at radius 2 is 1.95 bits per heavy atom. The molecular weight excluding hydrogens is 284 g/mol. The third-order valence-corrected chi connectivity index (χ3v) is 5.00. The highest BCUT2D eigenvalue weighted by molar-refractivity contribution is 7.10. The maximum Gasteiger partial charge on any atom is 0.242 e. The molecule has 2 atom stereocenters. The van der Waals surface area contributed by atoms with Gasteiger partial charge in [0.2, 0.25) is 11.8 Å². The van der Waals surface area contributed by atoms with E-state index >= 15 is 0 Å². The van der Waals surface area contributed by atoms with Gasteiger partial charge in [-0.25, -0.2) is 0 Å². The molecule has 1 aromatic rings. The number of carbonyl (C=O) groups excluding carboxylic acids is 2. The van der Waals surface area contributed by atoms with Crippen LogP contribution in [0.4, 0.5) is 0 Å². The summed E-state index contributed by atoms with van der Waals surface area (Å²) in [6, 6.07) is 3.54. The van der Waals surface area contributed by atoms with Crippen molar-refractivity contribution in [1.82, 2.24) is 10.6 Å². The largest absolute Gasteiger partial charge is 0.346 e. The third-order valence-electron chi connectivity index (χ3n) is 4.04. The number of carbonyl (C=O) groups is 2. The minimum atomic E-state index is -0.487. The number of amides is 2. The highest BCUT2D eigenvalue weighted by Crippen LogP contribution is 2.27. The van der Waals surface area contributed by atoms with Crippen molar-refractivity contribution in [2.24, 2.45) is 11.8 Å². The molecule has 0 aliphatic heterocycles. The Hall–Kier alpha value is -1.36. The molecule has 2 rings (SSSR count). The summed E-state index contributed by atoms with van der Waals surface area (Å²) in [4.78, 5) is 25.3. The van der Waals surface area contributed by atoms with E-state index in [1.807, 2.05) is 17.5 Å². The van der Waals surface area contributed by atoms with E-state index in [1.54, 1.807) is 18.3 Å². The lowest BCUT2D eigenvalue weighted by Crippen LogP contribution is -2.48. The molecular formula is C16H24N2O2S. The minimum absolute atomic E-state index is 0.000514. The molecule has 0 unspecified atom stereocenters. The van der Waals surface area contributed by atoms with Gasteiger partial charge in [-0.3, -0.25) is 9.59 Å². The van der Waals surface area contributed by atoms with E-state index < -0.39 is 6.04 Å². The lowest BCUT2D eigenvalue weighted by atomic mass is 9.84. The lowest BCUT2D eigenvalue weighted by Gasteiger charge is -2.27. The smallest absolute Gasteiger partial charge is 0.242 e. The monoisotopic (exact) mass is 308 g/mol. The third kappa shape index (κ3) is 4.06. The number of hydrogen-bond donors (Lipinski definition) is 2. The summed E-state index contributed by atoms with van der Waals surface area (Å²) < 4.78 is 0. The van der Waals surface area contributed by atoms with Gasteiger partial charge in [0.1, 0.15) is 6.04 Å². The fourth-order valence-electron chi connectivity index (χ4n) is 2.38. The summed E-state index contributed by atoms with van der Waals surface area (Å²) in [7, 11) is 0. The van der Waals surface area contributed by atoms with Crippen LogP contribution < -0.4 is 10.6 Å². The van der Waals surface area contributed by atoms with Crippen LogP contribution in [0.3, 0.4) is 0 Å². The Balaban J connectivity index is 1.90. The Kier molecular flexibility index (Phi) is 5.39. The fraction of sp³-hybridized carbons (Fsp3) is 0.625. The van der Waals surface area contributed by atoms with Crippen molar-refractivity contribution in [3.63, 3.8) is 0 Å². The van der Waals surface area contributed by atoms with Crippen molar-refractivity contribution in [1.29, 1.82) is 0 Å². The van der Waals surface area contributed by atoms with Crippen LogP contribution in [-0.4, -0.2) is 17.9 Å². The van der Waals surface area contributed by atoms with E-state index in [1.165, 1.54) is 0 Å². The van der Waals surface area contributed by atoms with Crippen LogP contribution in [0.1, 0.15) is 51.0 Å². The zero-order chi connectivity index (χ0) is 15.4. The molecule has 0 bridgehead atoms. The first-order chi connectivity index (χ1) is 9.99. The number of nitrogens with one attached hydrogen (secondary N) is 2. The topological polar surface area (TPSA) is 58.2 Å². The van der Waals surface area contributed by atoms with Crippen LogP contribution in [0.2, 0.25) is 0 Å². The standard InChI is InChI=1S/C16H24N2O2S/c1-10(2)14(13-8-5-9-21-13)18-15(19)11(3)17-16(20)12-6-4-7-12/h5,8-12,14H,4,6-7H2,1-3H3,(H,17,20)(H,18,19)/t11-,14+/m1/s1. The van der Waals surface area contributed by atoms with Gasteiger partial charge >= 0.3 is 0 Å². The molecule has 5 heteroatoms. The summed E-state index contributed by atoms with van der Waals surface area (Å²) in [5.74, 6) is 0.316. The van der Waals surface area contributed by atoms with E-state index in [9.17, 15) is 9.59 Å². The summed E-state index contributed by atoms with van der Waals surface area (Å²) in [6.07, 6.45) is 3.01. The summed E-state index contributed by atoms with van der Waals surface area (Å²) in [5.41, 5.74) is 0. The van der Waals surface area contributed by atoms with Gasteiger partial charge in [0.05, 0.1) is 6.04 Å². The molecule has 1 aromatic heterocycles. The highest BCUT2D eigenvalue weighted by atomic mass is 32.1. The van der Waals surface area contributed by atoms with Gasteiger partial charge < -0.3 is 10.6 Å². The average molecular weight is 308 g/mol. The van der Waals surface area contributed by atoms with Crippen LogP contribution in [0.15, 0.2) is 17.5 Å². The summed E-state index contributed by atoms with van der Waals surface area (Å²) >= 11 is 1.64. The quantitative estimate of drug-likeness (QED) is 0.849.